The van der Waals surface area contributed by atoms with E-state index in [4.69, 9.17) is 0 Å². The summed E-state index contributed by atoms with van der Waals surface area (Å²) in [6.07, 6.45) is 9.45. The van der Waals surface area contributed by atoms with Crippen LogP contribution in [0.25, 0.3) is 0 Å². The molecule has 0 aromatic heterocycles. The van der Waals surface area contributed by atoms with Crippen LogP contribution >= 0.6 is 11.8 Å². The van der Waals surface area contributed by atoms with Gasteiger partial charge in [0, 0.05) is 25.1 Å². The molecule has 0 aromatic rings. The van der Waals surface area contributed by atoms with Crippen molar-refractivity contribution >= 4 is 28.7 Å². The van der Waals surface area contributed by atoms with Crippen molar-refractivity contribution in [1.82, 2.24) is 10.6 Å². The van der Waals surface area contributed by atoms with Crippen molar-refractivity contribution in [3.63, 3.8) is 0 Å². The lowest BCUT2D eigenvalue weighted by molar-refractivity contribution is -0.142. The fourth-order valence-corrected chi connectivity index (χ4v) is 5.78. The fraction of sp³-hybridized carbons (Fsp3) is 0.783. The molecule has 1 heterocycles. The Kier molecular flexibility index (Phi) is 9.58. The van der Waals surface area contributed by atoms with Gasteiger partial charge in [-0.15, -0.1) is 0 Å². The lowest BCUT2D eigenvalue weighted by Crippen LogP contribution is -2.69. The number of allylic oxidation sites excluding steroid dienone is 1. The molecule has 0 saturated carbocycles. The quantitative estimate of drug-likeness (QED) is 0.281. The van der Waals surface area contributed by atoms with Crippen molar-refractivity contribution < 1.29 is 24.6 Å². The van der Waals surface area contributed by atoms with Gasteiger partial charge in [-0.3, -0.25) is 14.4 Å². The van der Waals surface area contributed by atoms with E-state index in [1.165, 1.54) is 13.8 Å². The molecule has 8 heteroatoms. The summed E-state index contributed by atoms with van der Waals surface area (Å²) in [6.45, 7) is 5.31. The minimum atomic E-state index is -1.78. The molecule has 1 aliphatic carbocycles. The molecular weight excluding hydrogens is 416 g/mol. The number of rotatable bonds is 11. The van der Waals surface area contributed by atoms with E-state index >= 15 is 0 Å². The van der Waals surface area contributed by atoms with Crippen molar-refractivity contribution in [2.45, 2.75) is 89.4 Å². The number of amides is 2. The maximum atomic E-state index is 13.5. The first-order valence-corrected chi connectivity index (χ1v) is 12.5. The largest absolute Gasteiger partial charge is 0.389 e. The van der Waals surface area contributed by atoms with Crippen LogP contribution in [-0.4, -0.2) is 56.7 Å². The molecule has 0 aromatic carbocycles. The Labute approximate surface area is 189 Å². The summed E-state index contributed by atoms with van der Waals surface area (Å²) in [4.78, 5) is 37.5. The second-order valence-corrected chi connectivity index (χ2v) is 10.0. The van der Waals surface area contributed by atoms with Gasteiger partial charge in [0.05, 0.1) is 12.0 Å². The van der Waals surface area contributed by atoms with Gasteiger partial charge in [0.15, 0.2) is 5.54 Å². The number of aliphatic hydroxyl groups excluding tert-OH is 1. The van der Waals surface area contributed by atoms with Crippen LogP contribution in [0.1, 0.15) is 72.1 Å². The molecule has 176 valence electrons. The number of thioether (sulfide) groups is 1. The molecule has 4 N–H and O–H groups in total. The normalized spacial score (nSPS) is 31.3. The zero-order chi connectivity index (χ0) is 23.1. The van der Waals surface area contributed by atoms with E-state index in [2.05, 4.69) is 17.6 Å². The number of carbonyl (C=O) groups excluding carboxylic acids is 3. The summed E-state index contributed by atoms with van der Waals surface area (Å²) in [5.74, 6) is -1.36. The molecule has 0 bridgehead atoms. The van der Waals surface area contributed by atoms with Gasteiger partial charge < -0.3 is 20.8 Å². The molecule has 31 heavy (non-hydrogen) atoms. The van der Waals surface area contributed by atoms with Crippen LogP contribution in [0.4, 0.5) is 0 Å². The Hall–Kier alpha value is -1.38. The van der Waals surface area contributed by atoms with Crippen molar-refractivity contribution in [3.8, 4) is 0 Å². The van der Waals surface area contributed by atoms with Gasteiger partial charge in [-0.25, -0.2) is 0 Å². The number of unbranched alkanes of at least 4 members (excludes halogenated alkanes) is 3. The first-order valence-electron chi connectivity index (χ1n) is 11.5. The first kappa shape index (κ1) is 25.9. The molecule has 0 radical (unpaired) electrons. The molecule has 5 atom stereocenters. The molecule has 0 spiro atoms. The van der Waals surface area contributed by atoms with E-state index in [1.807, 2.05) is 12.2 Å². The van der Waals surface area contributed by atoms with Gasteiger partial charge >= 0.3 is 0 Å². The monoisotopic (exact) mass is 454 g/mol. The number of carbonyl (C=O) groups is 3. The number of nitrogens with one attached hydrogen (secondary N) is 2. The topological polar surface area (TPSA) is 116 Å². The number of aliphatic hydroxyl groups is 2. The fourth-order valence-electron chi connectivity index (χ4n) is 4.78. The minimum Gasteiger partial charge on any atom is -0.389 e. The third-order valence-corrected chi connectivity index (χ3v) is 7.62. The van der Waals surface area contributed by atoms with E-state index < -0.39 is 28.3 Å². The van der Waals surface area contributed by atoms with Crippen molar-refractivity contribution in [3.05, 3.63) is 12.2 Å². The number of hydrogen-bond acceptors (Lipinski definition) is 6. The molecule has 1 aliphatic heterocycles. The van der Waals surface area contributed by atoms with Gasteiger partial charge in [0.25, 0.3) is 0 Å². The predicted molar refractivity (Wildman–Crippen MR) is 122 cm³/mol. The lowest BCUT2D eigenvalue weighted by atomic mass is 9.68. The van der Waals surface area contributed by atoms with E-state index in [-0.39, 0.29) is 24.3 Å². The summed E-state index contributed by atoms with van der Waals surface area (Å²) in [5.41, 5.74) is -3.51. The highest BCUT2D eigenvalue weighted by Gasteiger charge is 2.68. The van der Waals surface area contributed by atoms with E-state index in [0.717, 1.165) is 50.3 Å². The summed E-state index contributed by atoms with van der Waals surface area (Å²) in [7, 11) is 0. The second-order valence-electron chi connectivity index (χ2n) is 8.93. The Morgan fingerprint density at radius 3 is 2.71 bits per heavy atom. The summed E-state index contributed by atoms with van der Waals surface area (Å²) >= 11 is 0.933. The zero-order valence-electron chi connectivity index (χ0n) is 19.0. The molecular formula is C23H38N2O5S. The highest BCUT2D eigenvalue weighted by atomic mass is 32.2. The van der Waals surface area contributed by atoms with Gasteiger partial charge in [-0.1, -0.05) is 56.5 Å². The van der Waals surface area contributed by atoms with Crippen LogP contribution in [0.2, 0.25) is 0 Å². The Bertz CT molecular complexity index is 681. The third kappa shape index (κ3) is 5.71. The molecule has 1 saturated heterocycles. The Balaban J connectivity index is 2.28. The van der Waals surface area contributed by atoms with Gasteiger partial charge in [0.2, 0.25) is 16.9 Å². The maximum Gasteiger partial charge on any atom is 0.227 e. The molecule has 2 amide bonds. The summed E-state index contributed by atoms with van der Waals surface area (Å²) < 4.78 is 0. The Morgan fingerprint density at radius 1 is 1.35 bits per heavy atom. The van der Waals surface area contributed by atoms with E-state index in [0.29, 0.717) is 18.6 Å². The van der Waals surface area contributed by atoms with E-state index in [1.54, 1.807) is 0 Å². The Morgan fingerprint density at radius 2 is 2.10 bits per heavy atom. The smallest absolute Gasteiger partial charge is 0.227 e. The van der Waals surface area contributed by atoms with Crippen LogP contribution in [0.15, 0.2) is 12.2 Å². The lowest BCUT2D eigenvalue weighted by Gasteiger charge is -2.45. The van der Waals surface area contributed by atoms with Crippen molar-refractivity contribution in [2.75, 3.05) is 12.3 Å². The zero-order valence-corrected chi connectivity index (χ0v) is 19.8. The highest BCUT2D eigenvalue weighted by Crippen LogP contribution is 2.46. The third-order valence-electron chi connectivity index (χ3n) is 6.63. The van der Waals surface area contributed by atoms with Crippen LogP contribution in [0.5, 0.6) is 0 Å². The minimum absolute atomic E-state index is 0.191. The molecule has 1 fully saturated rings. The van der Waals surface area contributed by atoms with Gasteiger partial charge in [-0.2, -0.15) is 0 Å². The predicted octanol–water partition coefficient (Wildman–Crippen LogP) is 2.31. The van der Waals surface area contributed by atoms with E-state index in [9.17, 15) is 24.6 Å². The van der Waals surface area contributed by atoms with Gasteiger partial charge in [0.1, 0.15) is 5.60 Å². The number of hydrogen-bond donors (Lipinski definition) is 4. The molecule has 2 rings (SSSR count). The molecule has 2 aliphatic rings. The molecule has 7 nitrogen and oxygen atoms in total. The van der Waals surface area contributed by atoms with Crippen molar-refractivity contribution in [2.24, 2.45) is 11.8 Å². The first-order chi connectivity index (χ1) is 14.7. The van der Waals surface area contributed by atoms with Crippen molar-refractivity contribution in [1.29, 1.82) is 0 Å². The van der Waals surface area contributed by atoms with Crippen LogP contribution in [0, 0.1) is 11.8 Å². The van der Waals surface area contributed by atoms with Crippen LogP contribution < -0.4 is 10.6 Å². The SMILES string of the molecule is CCCCCCC1C(=O)NC(C(=O)SCCNC(C)=O)(C(O)C2C=CCCC2)C1(C)O. The highest BCUT2D eigenvalue weighted by molar-refractivity contribution is 8.13. The van der Waals surface area contributed by atoms with Crippen LogP contribution in [0.3, 0.4) is 0 Å². The maximum absolute atomic E-state index is 13.5. The van der Waals surface area contributed by atoms with Crippen LogP contribution in [-0.2, 0) is 14.4 Å². The van der Waals surface area contributed by atoms with Gasteiger partial charge in [-0.05, 0) is 32.6 Å². The molecule has 5 unspecified atom stereocenters. The standard InChI is InChI=1S/C23H38N2O5S/c1-4-5-6-10-13-18-20(28)25-23(22(18,3)30,19(27)17-11-8-7-9-12-17)21(29)31-15-14-24-16(2)26/h8,11,17-19,27,30H,4-7,9-10,12-15H2,1-3H3,(H,24,26)(H,25,28). The second kappa shape index (κ2) is 11.5. The summed E-state index contributed by atoms with van der Waals surface area (Å²) in [5, 5.41) is 28.0. The average molecular weight is 455 g/mol. The summed E-state index contributed by atoms with van der Waals surface area (Å²) in [6, 6.07) is 0. The average Bonchev–Trinajstić information content (AvgIpc) is 2.94.